The van der Waals surface area contributed by atoms with Gasteiger partial charge in [-0.25, -0.2) is 10.1 Å². The number of pyridine rings is 1. The van der Waals surface area contributed by atoms with Gasteiger partial charge in [-0.3, -0.25) is 9.59 Å². The third kappa shape index (κ3) is 3.29. The van der Waals surface area contributed by atoms with Gasteiger partial charge < -0.3 is 15.0 Å². The van der Waals surface area contributed by atoms with E-state index < -0.39 is 5.91 Å². The highest BCUT2D eigenvalue weighted by Gasteiger charge is 2.12. The number of hydrogen-bond donors (Lipinski definition) is 2. The van der Waals surface area contributed by atoms with E-state index in [0.717, 1.165) is 18.8 Å². The second-order valence-electron chi connectivity index (χ2n) is 4.76. The Morgan fingerprint density at radius 1 is 1.23 bits per heavy atom. The van der Waals surface area contributed by atoms with E-state index in [1.165, 1.54) is 12.1 Å². The lowest BCUT2D eigenvalue weighted by Gasteiger charge is -2.28. The summed E-state index contributed by atoms with van der Waals surface area (Å²) in [6.07, 6.45) is 1.71. The number of amides is 1. The molecule has 0 unspecified atom stereocenters. The maximum atomic E-state index is 11.9. The summed E-state index contributed by atoms with van der Waals surface area (Å²) in [5, 5.41) is 8.51. The summed E-state index contributed by atoms with van der Waals surface area (Å²) in [6, 6.07) is 6.23. The van der Waals surface area contributed by atoms with Crippen molar-refractivity contribution in [1.82, 2.24) is 15.2 Å². The molecule has 0 spiro atoms. The second-order valence-corrected chi connectivity index (χ2v) is 4.76. The molecule has 1 amide bonds. The van der Waals surface area contributed by atoms with Crippen molar-refractivity contribution in [1.29, 1.82) is 0 Å². The molecule has 0 bridgehead atoms. The van der Waals surface area contributed by atoms with Crippen LogP contribution in [0.25, 0.3) is 0 Å². The zero-order valence-electron chi connectivity index (χ0n) is 11.8. The van der Waals surface area contributed by atoms with Gasteiger partial charge in [0.25, 0.3) is 11.5 Å². The number of hydrogen-bond acceptors (Lipinski definition) is 6. The largest absolute Gasteiger partial charge is 0.378 e. The number of aromatic amines is 1. The molecular formula is C14H15N5O3. The van der Waals surface area contributed by atoms with Crippen molar-refractivity contribution in [3.05, 3.63) is 46.5 Å². The minimum absolute atomic E-state index is 0.124. The van der Waals surface area contributed by atoms with E-state index in [-0.39, 0.29) is 11.3 Å². The van der Waals surface area contributed by atoms with Crippen LogP contribution in [0.15, 0.2) is 35.3 Å². The molecule has 0 aromatic carbocycles. The Morgan fingerprint density at radius 3 is 2.68 bits per heavy atom. The van der Waals surface area contributed by atoms with Crippen molar-refractivity contribution >= 4 is 17.4 Å². The van der Waals surface area contributed by atoms with Gasteiger partial charge in [0.2, 0.25) is 0 Å². The first kappa shape index (κ1) is 14.2. The topological polar surface area (TPSA) is 100 Å². The van der Waals surface area contributed by atoms with Crippen molar-refractivity contribution in [3.63, 3.8) is 0 Å². The van der Waals surface area contributed by atoms with Crippen LogP contribution in [0.3, 0.4) is 0 Å². The summed E-state index contributed by atoms with van der Waals surface area (Å²) in [6.45, 7) is 3.07. The predicted molar refractivity (Wildman–Crippen MR) is 80.1 cm³/mol. The number of anilines is 2. The molecule has 2 aromatic rings. The molecule has 0 aliphatic carbocycles. The quantitative estimate of drug-likeness (QED) is 0.843. The molecule has 0 atom stereocenters. The van der Waals surface area contributed by atoms with Crippen LogP contribution >= 0.6 is 0 Å². The number of carbonyl (C=O) groups excluding carboxylic acids is 1. The minimum atomic E-state index is -0.428. The van der Waals surface area contributed by atoms with E-state index in [1.54, 1.807) is 12.3 Å². The molecule has 22 heavy (non-hydrogen) atoms. The summed E-state index contributed by atoms with van der Waals surface area (Å²) in [5.74, 6) is -0.00196. The molecule has 1 aliphatic rings. The Labute approximate surface area is 126 Å². The van der Waals surface area contributed by atoms with Gasteiger partial charge in [0.1, 0.15) is 11.5 Å². The lowest BCUT2D eigenvalue weighted by molar-refractivity contribution is 0.102. The van der Waals surface area contributed by atoms with Crippen LogP contribution in [-0.4, -0.2) is 47.4 Å². The molecule has 8 nitrogen and oxygen atoms in total. The average Bonchev–Trinajstić information content (AvgIpc) is 2.57. The third-order valence-electron chi connectivity index (χ3n) is 3.28. The number of rotatable bonds is 3. The Balaban J connectivity index is 1.66. The number of carbonyl (C=O) groups is 1. The van der Waals surface area contributed by atoms with E-state index in [1.807, 2.05) is 6.07 Å². The van der Waals surface area contributed by atoms with Gasteiger partial charge in [-0.05, 0) is 18.2 Å². The number of H-pyrrole nitrogens is 1. The molecule has 0 radical (unpaired) electrons. The molecule has 1 saturated heterocycles. The first-order valence-electron chi connectivity index (χ1n) is 6.88. The van der Waals surface area contributed by atoms with Gasteiger partial charge in [-0.15, -0.1) is 0 Å². The fourth-order valence-corrected chi connectivity index (χ4v) is 2.12. The first-order valence-corrected chi connectivity index (χ1v) is 6.88. The van der Waals surface area contributed by atoms with Gasteiger partial charge >= 0.3 is 0 Å². The van der Waals surface area contributed by atoms with E-state index in [2.05, 4.69) is 25.4 Å². The molecular weight excluding hydrogens is 286 g/mol. The fraction of sp³-hybridized carbons (Fsp3) is 0.286. The molecule has 2 aromatic heterocycles. The van der Waals surface area contributed by atoms with E-state index in [0.29, 0.717) is 19.0 Å². The van der Waals surface area contributed by atoms with Gasteiger partial charge in [-0.2, -0.15) is 5.10 Å². The number of morpholine rings is 1. The van der Waals surface area contributed by atoms with Crippen molar-refractivity contribution in [3.8, 4) is 0 Å². The van der Waals surface area contributed by atoms with Crippen molar-refractivity contribution in [2.24, 2.45) is 0 Å². The van der Waals surface area contributed by atoms with Crippen molar-refractivity contribution < 1.29 is 9.53 Å². The highest BCUT2D eigenvalue weighted by molar-refractivity contribution is 6.02. The highest BCUT2D eigenvalue weighted by Crippen LogP contribution is 2.16. The zero-order valence-corrected chi connectivity index (χ0v) is 11.8. The van der Waals surface area contributed by atoms with Crippen LogP contribution in [0, 0.1) is 0 Å². The van der Waals surface area contributed by atoms with E-state index >= 15 is 0 Å². The first-order chi connectivity index (χ1) is 10.7. The monoisotopic (exact) mass is 301 g/mol. The fourth-order valence-electron chi connectivity index (χ4n) is 2.12. The van der Waals surface area contributed by atoms with Crippen LogP contribution in [0.1, 0.15) is 10.5 Å². The van der Waals surface area contributed by atoms with Gasteiger partial charge in [0.15, 0.2) is 0 Å². The van der Waals surface area contributed by atoms with Gasteiger partial charge in [0, 0.05) is 19.2 Å². The van der Waals surface area contributed by atoms with Crippen LogP contribution in [0.4, 0.5) is 11.5 Å². The molecule has 2 N–H and O–H groups in total. The SMILES string of the molecule is O=C(Nc1ccc(N2CCOCC2)cn1)c1ccc(=O)[nH]n1. The van der Waals surface area contributed by atoms with Crippen LogP contribution in [0.5, 0.6) is 0 Å². The summed E-state index contributed by atoms with van der Waals surface area (Å²) in [4.78, 5) is 29.3. The number of nitrogens with one attached hydrogen (secondary N) is 2. The van der Waals surface area contributed by atoms with Crippen molar-refractivity contribution in [2.45, 2.75) is 0 Å². The minimum Gasteiger partial charge on any atom is -0.378 e. The zero-order chi connectivity index (χ0) is 15.4. The van der Waals surface area contributed by atoms with Crippen LogP contribution < -0.4 is 15.8 Å². The summed E-state index contributed by atoms with van der Waals surface area (Å²) < 4.78 is 5.30. The normalized spacial score (nSPS) is 14.6. The van der Waals surface area contributed by atoms with Gasteiger partial charge in [-0.1, -0.05) is 0 Å². The molecule has 3 rings (SSSR count). The summed E-state index contributed by atoms with van der Waals surface area (Å²) in [5.41, 5.74) is 0.756. The van der Waals surface area contributed by atoms with Crippen LogP contribution in [-0.2, 0) is 4.74 Å². The van der Waals surface area contributed by atoms with E-state index in [9.17, 15) is 9.59 Å². The number of nitrogens with zero attached hydrogens (tertiary/aromatic N) is 3. The lowest BCUT2D eigenvalue weighted by Crippen LogP contribution is -2.36. The lowest BCUT2D eigenvalue weighted by atomic mass is 10.3. The Hall–Kier alpha value is -2.74. The molecule has 114 valence electrons. The number of aromatic nitrogens is 3. The molecule has 3 heterocycles. The molecule has 8 heteroatoms. The van der Waals surface area contributed by atoms with Gasteiger partial charge in [0.05, 0.1) is 25.1 Å². The predicted octanol–water partition coefficient (Wildman–Crippen LogP) is 0.254. The van der Waals surface area contributed by atoms with Crippen LogP contribution in [0.2, 0.25) is 0 Å². The van der Waals surface area contributed by atoms with Crippen molar-refractivity contribution in [2.75, 3.05) is 36.5 Å². The second kappa shape index (κ2) is 6.35. The molecule has 1 fully saturated rings. The number of ether oxygens (including phenoxy) is 1. The Kier molecular flexibility index (Phi) is 4.10. The Morgan fingerprint density at radius 2 is 2.05 bits per heavy atom. The third-order valence-corrected chi connectivity index (χ3v) is 3.28. The average molecular weight is 301 g/mol. The molecule has 0 saturated carbocycles. The summed E-state index contributed by atoms with van der Waals surface area (Å²) >= 11 is 0. The Bertz CT molecular complexity index is 687. The maximum absolute atomic E-state index is 11.9. The maximum Gasteiger partial charge on any atom is 0.277 e. The van der Waals surface area contributed by atoms with E-state index in [4.69, 9.17) is 4.74 Å². The standard InChI is InChI=1S/C14H15N5O3/c20-13-4-2-11(17-18-13)14(21)16-12-3-1-10(9-15-12)19-5-7-22-8-6-19/h1-4,9H,5-8H2,(H,18,20)(H,15,16,21). The summed E-state index contributed by atoms with van der Waals surface area (Å²) in [7, 11) is 0. The smallest absolute Gasteiger partial charge is 0.277 e. The highest BCUT2D eigenvalue weighted by atomic mass is 16.5. The molecule has 1 aliphatic heterocycles.